The molecule has 0 aromatic heterocycles. The van der Waals surface area contributed by atoms with Crippen LogP contribution in [0.25, 0.3) is 0 Å². The number of methoxy groups -OCH3 is 2. The van der Waals surface area contributed by atoms with Gasteiger partial charge in [0.15, 0.2) is 11.5 Å². The highest BCUT2D eigenvalue weighted by Gasteiger charge is 2.39. The number of hydrogen-bond donors (Lipinski definition) is 4. The van der Waals surface area contributed by atoms with Crippen LogP contribution >= 0.6 is 0 Å². The Morgan fingerprint density at radius 1 is 0.652 bits per heavy atom. The van der Waals surface area contributed by atoms with Crippen molar-refractivity contribution < 1.29 is 57.9 Å². The summed E-state index contributed by atoms with van der Waals surface area (Å²) in [5.74, 6) is -2.73. The standard InChI is InChI=1S/C27H34N2O7.C26H32N2O5/c1-5-36-27(33)21(12-11-18-9-7-6-8-10-18)28-17(2)25(30)29-16-20-15-24(35-4)23(34-3)14-19(20)13-22(29)26(31)32;1-3-33-26(32)23(14-13-19-9-5-4-6-10-19)27-18(2)25(31)28(17-24(29)30)22-15-20-11-7-8-12-21(20)16-22/h6-10,14-15,17,21-22,28H,5,11-13,16H2,1-4H3,(H,31,32);4-12,18,22-23,27H,3,13-17H2,1-2H3,(H,29,30)/t17-,21-,22-;18-,23-/m00/s1. The Bertz CT molecular complexity index is 2340. The molecular weight excluding hydrogens is 885 g/mol. The van der Waals surface area contributed by atoms with Crippen LogP contribution in [0.1, 0.15) is 73.9 Å². The molecular formula is C53H66N4O12. The highest BCUT2D eigenvalue weighted by atomic mass is 16.5. The number of ether oxygens (including phenoxy) is 4. The monoisotopic (exact) mass is 950 g/mol. The summed E-state index contributed by atoms with van der Waals surface area (Å²) in [4.78, 5) is 78.5. The molecule has 0 saturated carbocycles. The maximum atomic E-state index is 13.5. The number of amides is 2. The molecule has 0 unspecified atom stereocenters. The molecule has 1 aliphatic carbocycles. The molecule has 4 N–H and O–H groups in total. The third kappa shape index (κ3) is 14.9. The van der Waals surface area contributed by atoms with Gasteiger partial charge in [0.2, 0.25) is 11.8 Å². The number of carbonyl (C=O) groups is 6. The SMILES string of the molecule is CCOC(=O)[C@H](CCc1ccccc1)N[C@@H](C)C(=O)N(CC(=O)O)C1Cc2ccccc2C1.CCOC(=O)[C@H](CCc1ccccc1)N[C@@H](C)C(=O)N1Cc2cc(OC)c(OC)cc2C[C@H]1C(=O)O. The predicted octanol–water partition coefficient (Wildman–Crippen LogP) is 5.19. The van der Waals surface area contributed by atoms with Gasteiger partial charge in [-0.25, -0.2) is 4.79 Å². The van der Waals surface area contributed by atoms with Crippen LogP contribution in [-0.2, 0) is 76.9 Å². The number of carboxylic acids is 2. The molecule has 4 aromatic carbocycles. The average molecular weight is 951 g/mol. The van der Waals surface area contributed by atoms with Crippen LogP contribution in [0.5, 0.6) is 11.5 Å². The first-order valence-electron chi connectivity index (χ1n) is 23.5. The Kier molecular flexibility index (Phi) is 20.1. The van der Waals surface area contributed by atoms with Crippen LogP contribution in [0.15, 0.2) is 97.1 Å². The summed E-state index contributed by atoms with van der Waals surface area (Å²) in [5.41, 5.74) is 6.00. The number of nitrogens with zero attached hydrogens (tertiary/aromatic N) is 2. The van der Waals surface area contributed by atoms with Gasteiger partial charge in [0.1, 0.15) is 24.7 Å². The lowest BCUT2D eigenvalue weighted by Gasteiger charge is -2.37. The van der Waals surface area contributed by atoms with E-state index in [9.17, 15) is 39.0 Å². The predicted molar refractivity (Wildman–Crippen MR) is 258 cm³/mol. The second kappa shape index (κ2) is 26.1. The lowest BCUT2D eigenvalue weighted by Crippen LogP contribution is -2.56. The molecule has 0 fully saturated rings. The number of carboxylic acid groups (broad SMARTS) is 2. The van der Waals surface area contributed by atoms with Gasteiger partial charge < -0.3 is 39.0 Å². The van der Waals surface area contributed by atoms with Crippen molar-refractivity contribution in [2.75, 3.05) is 34.0 Å². The summed E-state index contributed by atoms with van der Waals surface area (Å²) in [7, 11) is 3.04. The van der Waals surface area contributed by atoms with Gasteiger partial charge in [0, 0.05) is 19.0 Å². The van der Waals surface area contributed by atoms with Gasteiger partial charge in [-0.05, 0) is 112 Å². The Balaban J connectivity index is 0.000000258. The van der Waals surface area contributed by atoms with Crippen molar-refractivity contribution in [1.29, 1.82) is 0 Å². The molecule has 0 radical (unpaired) electrons. The quantitative estimate of drug-likeness (QED) is 0.0748. The fourth-order valence-electron chi connectivity index (χ4n) is 8.83. The second-order valence-electron chi connectivity index (χ2n) is 17.1. The number of carbonyl (C=O) groups excluding carboxylic acids is 4. The minimum atomic E-state index is -1.10. The van der Waals surface area contributed by atoms with E-state index in [0.717, 1.165) is 33.4 Å². The van der Waals surface area contributed by atoms with Gasteiger partial charge >= 0.3 is 23.9 Å². The summed E-state index contributed by atoms with van der Waals surface area (Å²) in [6.45, 7) is 6.98. The molecule has 0 bridgehead atoms. The zero-order valence-electron chi connectivity index (χ0n) is 40.4. The van der Waals surface area contributed by atoms with Gasteiger partial charge in [-0.3, -0.25) is 34.6 Å². The van der Waals surface area contributed by atoms with Crippen molar-refractivity contribution in [1.82, 2.24) is 20.4 Å². The molecule has 6 rings (SSSR count). The maximum Gasteiger partial charge on any atom is 0.326 e. The summed E-state index contributed by atoms with van der Waals surface area (Å²) >= 11 is 0. The first-order chi connectivity index (χ1) is 33.2. The summed E-state index contributed by atoms with van der Waals surface area (Å²) < 4.78 is 21.2. The summed E-state index contributed by atoms with van der Waals surface area (Å²) in [5, 5.41) is 25.6. The fraction of sp³-hybridized carbons (Fsp3) is 0.434. The van der Waals surface area contributed by atoms with E-state index in [1.54, 1.807) is 39.8 Å². The molecule has 2 aliphatic rings. The van der Waals surface area contributed by atoms with Crippen LogP contribution in [0.2, 0.25) is 0 Å². The molecule has 370 valence electrons. The van der Waals surface area contributed by atoms with Gasteiger partial charge in [0.05, 0.1) is 39.5 Å². The molecule has 5 atom stereocenters. The van der Waals surface area contributed by atoms with Crippen LogP contribution in [-0.4, -0.2) is 126 Å². The number of nitrogens with one attached hydrogen (secondary N) is 2. The maximum absolute atomic E-state index is 13.5. The number of rotatable bonds is 22. The van der Waals surface area contributed by atoms with Crippen molar-refractivity contribution in [3.05, 3.63) is 130 Å². The molecule has 0 spiro atoms. The normalized spacial score (nSPS) is 15.7. The number of fused-ring (bicyclic) bond motifs is 2. The average Bonchev–Trinajstić information content (AvgIpc) is 3.79. The highest BCUT2D eigenvalue weighted by molar-refractivity contribution is 5.89. The van der Waals surface area contributed by atoms with Crippen LogP contribution in [0, 0.1) is 0 Å². The molecule has 4 aromatic rings. The summed E-state index contributed by atoms with van der Waals surface area (Å²) in [6, 6.07) is 26.8. The number of hydrogen-bond acceptors (Lipinski definition) is 12. The largest absolute Gasteiger partial charge is 0.493 e. The van der Waals surface area contributed by atoms with Gasteiger partial charge in [-0.2, -0.15) is 0 Å². The Hall–Kier alpha value is -6.78. The molecule has 16 heteroatoms. The van der Waals surface area contributed by atoms with E-state index in [4.69, 9.17) is 18.9 Å². The fourth-order valence-corrected chi connectivity index (χ4v) is 8.83. The van der Waals surface area contributed by atoms with E-state index in [-0.39, 0.29) is 44.7 Å². The Labute approximate surface area is 404 Å². The zero-order chi connectivity index (χ0) is 50.0. The molecule has 1 aliphatic heterocycles. The molecule has 16 nitrogen and oxygen atoms in total. The van der Waals surface area contributed by atoms with Crippen molar-refractivity contribution in [2.24, 2.45) is 0 Å². The first-order valence-corrected chi connectivity index (χ1v) is 23.5. The Morgan fingerprint density at radius 2 is 1.12 bits per heavy atom. The summed E-state index contributed by atoms with van der Waals surface area (Å²) in [6.07, 6.45) is 3.55. The smallest absolute Gasteiger partial charge is 0.326 e. The molecule has 2 amide bonds. The van der Waals surface area contributed by atoms with E-state index >= 15 is 0 Å². The molecule has 0 saturated heterocycles. The van der Waals surface area contributed by atoms with Gasteiger partial charge in [-0.15, -0.1) is 0 Å². The van der Waals surface area contributed by atoms with Crippen molar-refractivity contribution in [3.63, 3.8) is 0 Å². The van der Waals surface area contributed by atoms with Crippen LogP contribution in [0.4, 0.5) is 0 Å². The number of aryl methyl sites for hydroxylation is 2. The van der Waals surface area contributed by atoms with Gasteiger partial charge in [0.25, 0.3) is 0 Å². The lowest BCUT2D eigenvalue weighted by atomic mass is 9.92. The third-order valence-electron chi connectivity index (χ3n) is 12.4. The van der Waals surface area contributed by atoms with Crippen LogP contribution in [0.3, 0.4) is 0 Å². The van der Waals surface area contributed by atoms with Crippen molar-refractivity contribution in [2.45, 2.75) is 115 Å². The van der Waals surface area contributed by atoms with Crippen molar-refractivity contribution >= 4 is 35.7 Å². The number of benzene rings is 4. The third-order valence-corrected chi connectivity index (χ3v) is 12.4. The molecule has 1 heterocycles. The topological polar surface area (TPSA) is 210 Å². The van der Waals surface area contributed by atoms with Gasteiger partial charge in [-0.1, -0.05) is 84.9 Å². The second-order valence-corrected chi connectivity index (χ2v) is 17.1. The van der Waals surface area contributed by atoms with Crippen LogP contribution < -0.4 is 20.1 Å². The number of aliphatic carboxylic acids is 2. The van der Waals surface area contributed by atoms with E-state index < -0.39 is 60.0 Å². The first kappa shape index (κ1) is 53.2. The lowest BCUT2D eigenvalue weighted by molar-refractivity contribution is -0.153. The van der Waals surface area contributed by atoms with E-state index in [1.165, 1.54) is 24.0 Å². The zero-order valence-corrected chi connectivity index (χ0v) is 40.4. The minimum absolute atomic E-state index is 0.103. The Morgan fingerprint density at radius 3 is 1.57 bits per heavy atom. The molecule has 69 heavy (non-hydrogen) atoms. The van der Waals surface area contributed by atoms with E-state index in [1.807, 2.05) is 84.9 Å². The minimum Gasteiger partial charge on any atom is -0.493 e. The van der Waals surface area contributed by atoms with Crippen molar-refractivity contribution in [3.8, 4) is 11.5 Å². The number of esters is 2. The highest BCUT2D eigenvalue weighted by Crippen LogP contribution is 2.35. The van der Waals surface area contributed by atoms with E-state index in [0.29, 0.717) is 50.0 Å². The van der Waals surface area contributed by atoms with E-state index in [2.05, 4.69) is 10.6 Å².